The lowest BCUT2D eigenvalue weighted by atomic mass is 10.00. The molecule has 1 aliphatic rings. The monoisotopic (exact) mass is 616 g/mol. The fourth-order valence-electron chi connectivity index (χ4n) is 3.13. The molecule has 0 saturated carbocycles. The normalized spacial score (nSPS) is 21.7. The number of anilines is 1. The summed E-state index contributed by atoms with van der Waals surface area (Å²) < 4.78 is 35.2. The van der Waals surface area contributed by atoms with Crippen LogP contribution in [0.5, 0.6) is 0 Å². The molecular weight excluding hydrogens is 582 g/mol. The Morgan fingerprint density at radius 1 is 1.34 bits per heavy atom. The Hall–Kier alpha value is -1.18. The quantitative estimate of drug-likeness (QED) is 0.152. The number of ether oxygens (including phenoxy) is 2. The van der Waals surface area contributed by atoms with Gasteiger partial charge < -0.3 is 15.2 Å². The number of alkyl halides is 2. The standard InChI is InChI=1S/C22H35Cl2N4O8PS/c1-13(2)35-17(29)14(3)27-37(32,33-9-10-38-19(30)21(4,5)6)34-12-15-11-22(23,24)18(36-15)28-8-7-16(25)26-20(28)31/h7-8,13-15,18H,9-12H2,1-6H3,(H,27,32)(H2,25,26,31)/t14-,15+,18-,37+/m1/s1. The van der Waals surface area contributed by atoms with Crippen molar-refractivity contribution >= 4 is 59.6 Å². The Labute approximate surface area is 236 Å². The zero-order valence-electron chi connectivity index (χ0n) is 22.1. The molecule has 0 aromatic carbocycles. The second kappa shape index (κ2) is 13.5. The van der Waals surface area contributed by atoms with Gasteiger partial charge in [-0.2, -0.15) is 4.98 Å². The Bertz CT molecular complexity index is 1100. The zero-order valence-corrected chi connectivity index (χ0v) is 25.4. The van der Waals surface area contributed by atoms with E-state index in [1.165, 1.54) is 19.2 Å². The number of rotatable bonds is 12. The number of nitrogens with one attached hydrogen (secondary N) is 1. The third kappa shape index (κ3) is 9.78. The summed E-state index contributed by atoms with van der Waals surface area (Å²) in [5.41, 5.74) is 4.28. The van der Waals surface area contributed by atoms with Crippen LogP contribution >= 0.6 is 42.7 Å². The van der Waals surface area contributed by atoms with E-state index in [1.54, 1.807) is 34.6 Å². The van der Waals surface area contributed by atoms with Crippen LogP contribution in [0.2, 0.25) is 0 Å². The second-order valence-corrected chi connectivity index (χ2v) is 14.3. The minimum absolute atomic E-state index is 0.0124. The fourth-order valence-corrected chi connectivity index (χ4v) is 6.20. The highest BCUT2D eigenvalue weighted by atomic mass is 35.5. The molecule has 16 heteroatoms. The third-order valence-electron chi connectivity index (χ3n) is 4.96. The molecule has 1 aromatic heterocycles. The van der Waals surface area contributed by atoms with Crippen molar-refractivity contribution in [1.29, 1.82) is 0 Å². The van der Waals surface area contributed by atoms with Crippen LogP contribution < -0.4 is 16.5 Å². The summed E-state index contributed by atoms with van der Waals surface area (Å²) in [6.45, 7) is 9.76. The van der Waals surface area contributed by atoms with Gasteiger partial charge in [0.1, 0.15) is 11.9 Å². The average molecular weight is 617 g/mol. The van der Waals surface area contributed by atoms with Gasteiger partial charge in [0.05, 0.1) is 25.4 Å². The van der Waals surface area contributed by atoms with Crippen LogP contribution in [-0.2, 0) is 32.7 Å². The van der Waals surface area contributed by atoms with Crippen molar-refractivity contribution in [2.24, 2.45) is 5.41 Å². The van der Waals surface area contributed by atoms with E-state index in [4.69, 9.17) is 47.5 Å². The lowest BCUT2D eigenvalue weighted by Crippen LogP contribution is -2.36. The van der Waals surface area contributed by atoms with Gasteiger partial charge in [0, 0.05) is 23.8 Å². The minimum atomic E-state index is -4.11. The summed E-state index contributed by atoms with van der Waals surface area (Å²) in [4.78, 5) is 40.4. The van der Waals surface area contributed by atoms with Gasteiger partial charge in [0.15, 0.2) is 15.7 Å². The van der Waals surface area contributed by atoms with Crippen molar-refractivity contribution in [2.45, 2.75) is 76.8 Å². The summed E-state index contributed by atoms with van der Waals surface area (Å²) in [7, 11) is -4.11. The van der Waals surface area contributed by atoms with Crippen LogP contribution in [0.15, 0.2) is 17.1 Å². The van der Waals surface area contributed by atoms with Crippen LogP contribution in [0.4, 0.5) is 5.82 Å². The number of nitrogen functional groups attached to an aromatic ring is 1. The highest BCUT2D eigenvalue weighted by molar-refractivity contribution is 8.13. The molecular formula is C22H35Cl2N4O8PS. The first-order valence-corrected chi connectivity index (χ1v) is 15.1. The molecule has 3 N–H and O–H groups in total. The molecule has 1 aliphatic heterocycles. The predicted molar refractivity (Wildman–Crippen MR) is 146 cm³/mol. The van der Waals surface area contributed by atoms with Crippen molar-refractivity contribution in [3.8, 4) is 0 Å². The molecule has 216 valence electrons. The van der Waals surface area contributed by atoms with Crippen LogP contribution in [0, 0.1) is 5.41 Å². The van der Waals surface area contributed by atoms with E-state index >= 15 is 0 Å². The number of nitrogens with zero attached hydrogens (tertiary/aromatic N) is 2. The molecule has 2 rings (SSSR count). The molecule has 0 spiro atoms. The Balaban J connectivity index is 2.10. The predicted octanol–water partition coefficient (Wildman–Crippen LogP) is 3.66. The number of hydrogen-bond acceptors (Lipinski definition) is 11. The van der Waals surface area contributed by atoms with Gasteiger partial charge in [0.2, 0.25) is 0 Å². The van der Waals surface area contributed by atoms with Crippen molar-refractivity contribution in [3.05, 3.63) is 22.7 Å². The number of thioether (sulfide) groups is 1. The summed E-state index contributed by atoms with van der Waals surface area (Å²) in [5.74, 6) is -0.425. The van der Waals surface area contributed by atoms with Gasteiger partial charge in [0.25, 0.3) is 0 Å². The van der Waals surface area contributed by atoms with Gasteiger partial charge in [-0.1, -0.05) is 55.7 Å². The number of nitrogens with two attached hydrogens (primary N) is 1. The van der Waals surface area contributed by atoms with Gasteiger partial charge in [-0.3, -0.25) is 23.2 Å². The number of carbonyl (C=O) groups is 2. The first-order chi connectivity index (χ1) is 17.4. The fraction of sp³-hybridized carbons (Fsp3) is 0.727. The summed E-state index contributed by atoms with van der Waals surface area (Å²) in [6.07, 6.45) is -0.936. The number of carbonyl (C=O) groups excluding carboxylic acids is 2. The molecule has 12 nitrogen and oxygen atoms in total. The summed E-state index contributed by atoms with van der Waals surface area (Å²) in [6, 6.07) is 0.355. The SMILES string of the molecule is CC(C)OC(=O)[C@@H](C)N[P@](=O)(OCCSC(=O)C(C)(C)C)OC[C@@H]1CC(Cl)(Cl)[C@H](n2ccc(N)nc2=O)O1. The molecule has 0 radical (unpaired) electrons. The van der Waals surface area contributed by atoms with Crippen LogP contribution in [0.25, 0.3) is 0 Å². The molecule has 0 aliphatic carbocycles. The highest BCUT2D eigenvalue weighted by Crippen LogP contribution is 2.49. The molecule has 38 heavy (non-hydrogen) atoms. The van der Waals surface area contributed by atoms with E-state index in [2.05, 4.69) is 10.1 Å². The van der Waals surface area contributed by atoms with Gasteiger partial charge >= 0.3 is 19.4 Å². The molecule has 1 aromatic rings. The van der Waals surface area contributed by atoms with E-state index < -0.39 is 47.5 Å². The topological polar surface area (TPSA) is 161 Å². The number of aromatic nitrogens is 2. The van der Waals surface area contributed by atoms with Gasteiger partial charge in [-0.15, -0.1) is 0 Å². The van der Waals surface area contributed by atoms with Crippen molar-refractivity contribution in [1.82, 2.24) is 14.6 Å². The van der Waals surface area contributed by atoms with E-state index in [9.17, 15) is 18.9 Å². The molecule has 0 bridgehead atoms. The second-order valence-electron chi connectivity index (χ2n) is 9.97. The molecule has 2 heterocycles. The van der Waals surface area contributed by atoms with Gasteiger partial charge in [-0.05, 0) is 26.8 Å². The zero-order chi connectivity index (χ0) is 28.9. The van der Waals surface area contributed by atoms with E-state index in [0.29, 0.717) is 0 Å². The van der Waals surface area contributed by atoms with Crippen LogP contribution in [0.1, 0.15) is 54.2 Å². The Kier molecular flexibility index (Phi) is 11.7. The highest BCUT2D eigenvalue weighted by Gasteiger charge is 2.48. The van der Waals surface area contributed by atoms with E-state index in [-0.39, 0.29) is 42.4 Å². The van der Waals surface area contributed by atoms with Gasteiger partial charge in [-0.25, -0.2) is 14.4 Å². The smallest absolute Gasteiger partial charge is 0.406 e. The Morgan fingerprint density at radius 2 is 2.00 bits per heavy atom. The first kappa shape index (κ1) is 33.0. The molecule has 4 atom stereocenters. The maximum absolute atomic E-state index is 13.6. The lowest BCUT2D eigenvalue weighted by molar-refractivity contribution is -0.149. The number of esters is 1. The first-order valence-electron chi connectivity index (χ1n) is 11.9. The van der Waals surface area contributed by atoms with Crippen molar-refractivity contribution in [2.75, 3.05) is 24.7 Å². The molecule has 0 unspecified atom stereocenters. The van der Waals surface area contributed by atoms with Crippen molar-refractivity contribution in [3.63, 3.8) is 0 Å². The van der Waals surface area contributed by atoms with E-state index in [0.717, 1.165) is 16.3 Å². The maximum Gasteiger partial charge on any atom is 0.406 e. The Morgan fingerprint density at radius 3 is 2.58 bits per heavy atom. The molecule has 0 amide bonds. The lowest BCUT2D eigenvalue weighted by Gasteiger charge is -2.24. The van der Waals surface area contributed by atoms with E-state index in [1.807, 2.05) is 0 Å². The number of halogens is 2. The molecule has 1 fully saturated rings. The summed E-state index contributed by atoms with van der Waals surface area (Å²) in [5, 5.41) is 2.50. The number of hydrogen-bond donors (Lipinski definition) is 2. The maximum atomic E-state index is 13.6. The van der Waals surface area contributed by atoms with Crippen LogP contribution in [-0.4, -0.2) is 62.2 Å². The third-order valence-corrected chi connectivity index (χ3v) is 8.61. The van der Waals surface area contributed by atoms with Crippen LogP contribution in [0.3, 0.4) is 0 Å². The average Bonchev–Trinajstić information content (AvgIpc) is 3.08. The van der Waals surface area contributed by atoms with Crippen molar-refractivity contribution < 1.29 is 32.7 Å². The molecule has 1 saturated heterocycles. The largest absolute Gasteiger partial charge is 0.462 e. The summed E-state index contributed by atoms with van der Waals surface area (Å²) >= 11 is 13.9. The minimum Gasteiger partial charge on any atom is -0.462 e.